The van der Waals surface area contributed by atoms with Crippen LogP contribution >= 0.6 is 0 Å². The molecule has 3 aromatic rings. The number of carboxylic acid groups (broad SMARTS) is 1. The van der Waals surface area contributed by atoms with E-state index < -0.39 is 12.1 Å². The molecule has 1 unspecified atom stereocenters. The van der Waals surface area contributed by atoms with Crippen LogP contribution in [0.5, 0.6) is 5.75 Å². The van der Waals surface area contributed by atoms with E-state index in [9.17, 15) is 4.79 Å². The average molecular weight is 410 g/mol. The molecule has 2 heterocycles. The molecule has 0 amide bonds. The first-order chi connectivity index (χ1) is 14.5. The molecule has 0 aliphatic carbocycles. The monoisotopic (exact) mass is 410 g/mol. The fourth-order valence-electron chi connectivity index (χ4n) is 3.16. The number of hydrogen-bond donors (Lipinski definition) is 1. The van der Waals surface area contributed by atoms with Crippen LogP contribution < -0.4 is 4.74 Å². The highest BCUT2D eigenvalue weighted by atomic mass is 16.5. The molecule has 7 heteroatoms. The minimum absolute atomic E-state index is 0.297. The molecule has 0 aliphatic rings. The van der Waals surface area contributed by atoms with Gasteiger partial charge in [0.2, 0.25) is 5.89 Å². The van der Waals surface area contributed by atoms with E-state index in [1.807, 2.05) is 43.3 Å². The molecule has 0 saturated heterocycles. The van der Waals surface area contributed by atoms with E-state index in [1.165, 1.54) is 7.11 Å². The van der Waals surface area contributed by atoms with E-state index in [4.69, 9.17) is 19.0 Å². The number of oxazole rings is 1. The van der Waals surface area contributed by atoms with Crippen LogP contribution in [0.4, 0.5) is 0 Å². The standard InChI is InChI=1S/C23H26N2O5/c1-15-20(25-22(30-15)17-8-11-19(28-2)12-9-17)6-4-5-18-10-7-16(14-24-18)13-21(29-3)23(26)27/h7-12,14,21H,4-6,13H2,1-3H3,(H,26,27). The quantitative estimate of drug-likeness (QED) is 0.542. The summed E-state index contributed by atoms with van der Waals surface area (Å²) >= 11 is 0. The van der Waals surface area contributed by atoms with Gasteiger partial charge in [0.05, 0.1) is 12.8 Å². The van der Waals surface area contributed by atoms with Crippen molar-refractivity contribution in [3.05, 3.63) is 65.3 Å². The maximum absolute atomic E-state index is 11.1. The molecule has 1 N–H and O–H groups in total. The van der Waals surface area contributed by atoms with Crippen LogP contribution in [0.1, 0.15) is 29.1 Å². The summed E-state index contributed by atoms with van der Waals surface area (Å²) in [5, 5.41) is 9.07. The van der Waals surface area contributed by atoms with E-state index in [2.05, 4.69) is 9.97 Å². The lowest BCUT2D eigenvalue weighted by molar-refractivity contribution is -0.148. The van der Waals surface area contributed by atoms with E-state index >= 15 is 0 Å². The van der Waals surface area contributed by atoms with E-state index in [1.54, 1.807) is 13.3 Å². The number of aliphatic carboxylic acids is 1. The number of rotatable bonds is 10. The molecule has 0 radical (unpaired) electrons. The van der Waals surface area contributed by atoms with Crippen LogP contribution in [0.25, 0.3) is 11.5 Å². The van der Waals surface area contributed by atoms with Crippen LogP contribution in [0, 0.1) is 6.92 Å². The van der Waals surface area contributed by atoms with Crippen molar-refractivity contribution < 1.29 is 23.8 Å². The smallest absolute Gasteiger partial charge is 0.333 e. The molecule has 2 aromatic heterocycles. The fraction of sp³-hybridized carbons (Fsp3) is 0.348. The third-order valence-corrected chi connectivity index (χ3v) is 4.94. The number of ether oxygens (including phenoxy) is 2. The Balaban J connectivity index is 1.55. The number of aromatic nitrogens is 2. The van der Waals surface area contributed by atoms with E-state index in [0.717, 1.165) is 53.3 Å². The van der Waals surface area contributed by atoms with Gasteiger partial charge >= 0.3 is 5.97 Å². The summed E-state index contributed by atoms with van der Waals surface area (Å²) in [4.78, 5) is 20.1. The second-order valence-corrected chi connectivity index (χ2v) is 7.03. The van der Waals surface area contributed by atoms with Gasteiger partial charge in [-0.3, -0.25) is 4.98 Å². The Morgan fingerprint density at radius 2 is 1.90 bits per heavy atom. The van der Waals surface area contributed by atoms with Crippen LogP contribution in [0.3, 0.4) is 0 Å². The highest BCUT2D eigenvalue weighted by Gasteiger charge is 2.17. The van der Waals surface area contributed by atoms with Crippen molar-refractivity contribution in [3.8, 4) is 17.2 Å². The van der Waals surface area contributed by atoms with Gasteiger partial charge in [-0.15, -0.1) is 0 Å². The van der Waals surface area contributed by atoms with Gasteiger partial charge < -0.3 is 19.0 Å². The Labute approximate surface area is 175 Å². The second-order valence-electron chi connectivity index (χ2n) is 7.03. The number of carbonyl (C=O) groups is 1. The predicted octanol–water partition coefficient (Wildman–Crippen LogP) is 3.87. The first kappa shape index (κ1) is 21.5. The predicted molar refractivity (Wildman–Crippen MR) is 112 cm³/mol. The summed E-state index contributed by atoms with van der Waals surface area (Å²) in [7, 11) is 3.03. The molecule has 7 nitrogen and oxygen atoms in total. The number of aryl methyl sites for hydroxylation is 3. The lowest BCUT2D eigenvalue weighted by Gasteiger charge is -2.10. The number of hydrogen-bond acceptors (Lipinski definition) is 6. The number of benzene rings is 1. The fourth-order valence-corrected chi connectivity index (χ4v) is 3.16. The number of carboxylic acids is 1. The largest absolute Gasteiger partial charge is 0.497 e. The Morgan fingerprint density at radius 1 is 1.13 bits per heavy atom. The average Bonchev–Trinajstić information content (AvgIpc) is 3.13. The summed E-state index contributed by atoms with van der Waals surface area (Å²) < 4.78 is 16.0. The Morgan fingerprint density at radius 3 is 2.50 bits per heavy atom. The Hall–Kier alpha value is -3.19. The summed E-state index contributed by atoms with van der Waals surface area (Å²) in [5.41, 5.74) is 3.66. The topological polar surface area (TPSA) is 94.7 Å². The molecule has 0 spiro atoms. The molecule has 158 valence electrons. The van der Waals surface area contributed by atoms with Crippen molar-refractivity contribution in [2.75, 3.05) is 14.2 Å². The molecule has 30 heavy (non-hydrogen) atoms. The van der Waals surface area contributed by atoms with Gasteiger partial charge in [0.15, 0.2) is 6.10 Å². The van der Waals surface area contributed by atoms with Gasteiger partial charge in [-0.2, -0.15) is 0 Å². The van der Waals surface area contributed by atoms with Gasteiger partial charge in [-0.05, 0) is 62.1 Å². The van der Waals surface area contributed by atoms with Crippen molar-refractivity contribution in [3.63, 3.8) is 0 Å². The molecule has 0 aliphatic heterocycles. The van der Waals surface area contributed by atoms with E-state index in [0.29, 0.717) is 12.3 Å². The van der Waals surface area contributed by atoms with Gasteiger partial charge in [0.1, 0.15) is 11.5 Å². The highest BCUT2D eigenvalue weighted by Crippen LogP contribution is 2.24. The van der Waals surface area contributed by atoms with Crippen molar-refractivity contribution >= 4 is 5.97 Å². The minimum atomic E-state index is -0.974. The lowest BCUT2D eigenvalue weighted by atomic mass is 10.1. The molecule has 0 fully saturated rings. The molecule has 0 saturated carbocycles. The summed E-state index contributed by atoms with van der Waals surface area (Å²) in [6.45, 7) is 1.93. The van der Waals surface area contributed by atoms with Crippen molar-refractivity contribution in [2.45, 2.75) is 38.7 Å². The maximum atomic E-state index is 11.1. The molecule has 0 bridgehead atoms. The van der Waals surface area contributed by atoms with Crippen molar-refractivity contribution in [2.24, 2.45) is 0 Å². The van der Waals surface area contributed by atoms with Gasteiger partial charge in [-0.1, -0.05) is 6.07 Å². The summed E-state index contributed by atoms with van der Waals surface area (Å²) in [6, 6.07) is 11.5. The van der Waals surface area contributed by atoms with Crippen LogP contribution in [0.15, 0.2) is 47.0 Å². The Kier molecular flexibility index (Phi) is 7.19. The molecule has 3 rings (SSSR count). The molecular weight excluding hydrogens is 384 g/mol. The summed E-state index contributed by atoms with van der Waals surface area (Å²) in [6.07, 6.45) is 3.64. The third-order valence-electron chi connectivity index (χ3n) is 4.94. The van der Waals surface area contributed by atoms with Gasteiger partial charge in [-0.25, -0.2) is 9.78 Å². The minimum Gasteiger partial charge on any atom is -0.497 e. The van der Waals surface area contributed by atoms with Crippen LogP contribution in [-0.4, -0.2) is 41.4 Å². The highest BCUT2D eigenvalue weighted by molar-refractivity contribution is 5.72. The zero-order valence-electron chi connectivity index (χ0n) is 17.4. The van der Waals surface area contributed by atoms with Crippen LogP contribution in [-0.2, 0) is 28.8 Å². The first-order valence-corrected chi connectivity index (χ1v) is 9.80. The summed E-state index contributed by atoms with van der Waals surface area (Å²) in [5.74, 6) is 1.25. The van der Waals surface area contributed by atoms with Crippen LogP contribution in [0.2, 0.25) is 0 Å². The lowest BCUT2D eigenvalue weighted by Crippen LogP contribution is -2.24. The van der Waals surface area contributed by atoms with E-state index in [-0.39, 0.29) is 0 Å². The number of nitrogens with zero attached hydrogens (tertiary/aromatic N) is 2. The molecule has 1 atom stereocenters. The second kappa shape index (κ2) is 10.0. The SMILES string of the molecule is COc1ccc(-c2nc(CCCc3ccc(CC(OC)C(=O)O)cn3)c(C)o2)cc1. The Bertz CT molecular complexity index is 964. The van der Waals surface area contributed by atoms with Crippen molar-refractivity contribution in [1.29, 1.82) is 0 Å². The molecular formula is C23H26N2O5. The third kappa shape index (κ3) is 5.45. The van der Waals surface area contributed by atoms with Gasteiger partial charge in [0, 0.05) is 31.0 Å². The number of pyridine rings is 1. The van der Waals surface area contributed by atoms with Crippen molar-refractivity contribution in [1.82, 2.24) is 9.97 Å². The maximum Gasteiger partial charge on any atom is 0.333 e. The zero-order chi connectivity index (χ0) is 21.5. The van der Waals surface area contributed by atoms with Gasteiger partial charge in [0.25, 0.3) is 0 Å². The number of methoxy groups -OCH3 is 2. The normalized spacial score (nSPS) is 12.0. The molecule has 1 aromatic carbocycles. The first-order valence-electron chi connectivity index (χ1n) is 9.80. The zero-order valence-corrected chi connectivity index (χ0v) is 17.4.